The summed E-state index contributed by atoms with van der Waals surface area (Å²) in [5.41, 5.74) is -0.253. The number of carbonyl (C=O) groups is 2. The Balaban J connectivity index is 3.05. The lowest BCUT2D eigenvalue weighted by Crippen LogP contribution is -2.68. The van der Waals surface area contributed by atoms with E-state index in [1.165, 1.54) is 0 Å². The van der Waals surface area contributed by atoms with Gasteiger partial charge in [-0.1, -0.05) is 54.9 Å². The second-order valence-electron chi connectivity index (χ2n) is 7.85. The predicted octanol–water partition coefficient (Wildman–Crippen LogP) is 2.82. The Hall–Kier alpha value is -1.06. The van der Waals surface area contributed by atoms with Gasteiger partial charge in [-0.3, -0.25) is 9.59 Å². The second kappa shape index (κ2) is 6.80. The van der Waals surface area contributed by atoms with E-state index in [0.29, 0.717) is 12.5 Å². The summed E-state index contributed by atoms with van der Waals surface area (Å²) in [5.74, 6) is 0.773. The van der Waals surface area contributed by atoms with Crippen molar-refractivity contribution >= 4 is 11.8 Å². The number of piperazine rings is 1. The van der Waals surface area contributed by atoms with Crippen molar-refractivity contribution in [2.45, 2.75) is 73.4 Å². The Morgan fingerprint density at radius 3 is 2.19 bits per heavy atom. The van der Waals surface area contributed by atoms with E-state index in [-0.39, 0.29) is 35.2 Å². The van der Waals surface area contributed by atoms with Crippen LogP contribution < -0.4 is 5.32 Å². The van der Waals surface area contributed by atoms with Gasteiger partial charge in [0.05, 0.1) is 0 Å². The van der Waals surface area contributed by atoms with Crippen LogP contribution in [0.15, 0.2) is 0 Å². The molecule has 3 atom stereocenters. The highest BCUT2D eigenvalue weighted by Gasteiger charge is 2.46. The van der Waals surface area contributed by atoms with Crippen molar-refractivity contribution in [2.24, 2.45) is 17.3 Å². The minimum Gasteiger partial charge on any atom is -0.342 e. The zero-order valence-electron chi connectivity index (χ0n) is 14.7. The first-order chi connectivity index (χ1) is 9.59. The number of carbonyl (C=O) groups excluding carboxylic acids is 2. The third kappa shape index (κ3) is 4.21. The molecule has 0 saturated carbocycles. The lowest BCUT2D eigenvalue weighted by Gasteiger charge is -2.46. The van der Waals surface area contributed by atoms with Crippen molar-refractivity contribution in [3.05, 3.63) is 0 Å². The molecule has 1 aliphatic heterocycles. The van der Waals surface area contributed by atoms with Crippen LogP contribution in [0, 0.1) is 17.3 Å². The first-order valence-electron chi connectivity index (χ1n) is 8.20. The Morgan fingerprint density at radius 2 is 1.76 bits per heavy atom. The van der Waals surface area contributed by atoms with Gasteiger partial charge in [0.1, 0.15) is 12.1 Å². The van der Waals surface area contributed by atoms with Crippen molar-refractivity contribution in [1.82, 2.24) is 10.2 Å². The molecule has 3 unspecified atom stereocenters. The molecule has 0 bridgehead atoms. The fourth-order valence-corrected chi connectivity index (χ4v) is 2.86. The fraction of sp³-hybridized carbons (Fsp3) is 0.882. The molecule has 1 saturated heterocycles. The third-order valence-corrected chi connectivity index (χ3v) is 4.39. The summed E-state index contributed by atoms with van der Waals surface area (Å²) in [6.45, 7) is 15.1. The quantitative estimate of drug-likeness (QED) is 0.848. The molecule has 1 N–H and O–H groups in total. The number of nitrogens with zero attached hydrogens (tertiary/aromatic N) is 1. The second-order valence-corrected chi connectivity index (χ2v) is 7.85. The van der Waals surface area contributed by atoms with Gasteiger partial charge in [-0.25, -0.2) is 0 Å². The van der Waals surface area contributed by atoms with Crippen molar-refractivity contribution < 1.29 is 9.59 Å². The topological polar surface area (TPSA) is 49.4 Å². The highest BCUT2D eigenvalue weighted by atomic mass is 16.2. The van der Waals surface area contributed by atoms with E-state index < -0.39 is 0 Å². The van der Waals surface area contributed by atoms with E-state index >= 15 is 0 Å². The van der Waals surface area contributed by atoms with Crippen LogP contribution in [0.5, 0.6) is 0 Å². The normalized spacial score (nSPS) is 25.2. The Kier molecular flexibility index (Phi) is 5.83. The summed E-state index contributed by atoms with van der Waals surface area (Å²) in [4.78, 5) is 27.2. The number of amides is 2. The molecule has 1 aliphatic rings. The van der Waals surface area contributed by atoms with Gasteiger partial charge in [-0.2, -0.15) is 0 Å². The first kappa shape index (κ1) is 18.0. The summed E-state index contributed by atoms with van der Waals surface area (Å²) < 4.78 is 0. The third-order valence-electron chi connectivity index (χ3n) is 4.39. The minimum atomic E-state index is -0.371. The van der Waals surface area contributed by atoms with E-state index in [9.17, 15) is 9.59 Å². The smallest absolute Gasteiger partial charge is 0.246 e. The molecule has 1 heterocycles. The van der Waals surface area contributed by atoms with Gasteiger partial charge in [-0.15, -0.1) is 0 Å². The number of rotatable bonds is 5. The molecule has 2 amide bonds. The maximum Gasteiger partial charge on any atom is 0.246 e. The fourth-order valence-electron chi connectivity index (χ4n) is 2.86. The van der Waals surface area contributed by atoms with Crippen LogP contribution in [-0.2, 0) is 9.59 Å². The summed E-state index contributed by atoms with van der Waals surface area (Å²) in [5, 5.41) is 2.96. The van der Waals surface area contributed by atoms with Gasteiger partial charge in [0.25, 0.3) is 0 Å². The number of hydrogen-bond donors (Lipinski definition) is 1. The summed E-state index contributed by atoms with van der Waals surface area (Å²) in [7, 11) is 0. The van der Waals surface area contributed by atoms with Crippen LogP contribution in [0.25, 0.3) is 0 Å². The molecule has 1 rings (SSSR count). The minimum absolute atomic E-state index is 0.00356. The molecule has 122 valence electrons. The lowest BCUT2D eigenvalue weighted by atomic mass is 9.81. The molecule has 4 nitrogen and oxygen atoms in total. The molecule has 0 radical (unpaired) electrons. The molecular formula is C17H32N2O2. The maximum absolute atomic E-state index is 12.9. The molecule has 4 heteroatoms. The largest absolute Gasteiger partial charge is 0.342 e. The van der Waals surface area contributed by atoms with E-state index in [0.717, 1.165) is 12.8 Å². The van der Waals surface area contributed by atoms with Crippen molar-refractivity contribution in [3.8, 4) is 0 Å². The molecule has 21 heavy (non-hydrogen) atoms. The van der Waals surface area contributed by atoms with E-state index in [1.807, 2.05) is 32.6 Å². The molecule has 0 aromatic heterocycles. The molecule has 0 aromatic carbocycles. The zero-order chi connectivity index (χ0) is 16.4. The lowest BCUT2D eigenvalue weighted by molar-refractivity contribution is -0.155. The van der Waals surface area contributed by atoms with Gasteiger partial charge in [0.15, 0.2) is 0 Å². The van der Waals surface area contributed by atoms with Gasteiger partial charge in [0, 0.05) is 6.54 Å². The molecular weight excluding hydrogens is 264 g/mol. The molecule has 1 fully saturated rings. The zero-order valence-corrected chi connectivity index (χ0v) is 14.7. The van der Waals surface area contributed by atoms with Gasteiger partial charge in [-0.05, 0) is 23.7 Å². The molecule has 0 aliphatic carbocycles. The average molecular weight is 296 g/mol. The van der Waals surface area contributed by atoms with Crippen molar-refractivity contribution in [2.75, 3.05) is 6.54 Å². The van der Waals surface area contributed by atoms with Crippen molar-refractivity contribution in [3.63, 3.8) is 0 Å². The van der Waals surface area contributed by atoms with Crippen LogP contribution in [0.1, 0.15) is 61.3 Å². The van der Waals surface area contributed by atoms with Gasteiger partial charge >= 0.3 is 0 Å². The average Bonchev–Trinajstić information content (AvgIpc) is 2.36. The number of nitrogens with one attached hydrogen (secondary N) is 1. The van der Waals surface area contributed by atoms with Gasteiger partial charge in [0.2, 0.25) is 11.8 Å². The van der Waals surface area contributed by atoms with Gasteiger partial charge < -0.3 is 10.2 Å². The Labute approximate surface area is 129 Å². The van der Waals surface area contributed by atoms with Crippen molar-refractivity contribution in [1.29, 1.82) is 0 Å². The van der Waals surface area contributed by atoms with Crippen LogP contribution in [0.3, 0.4) is 0 Å². The SMILES string of the molecule is CCC(C)C1NC(=O)C(C(C)(C)C)N(CCC(C)C)C1=O. The molecule has 0 aromatic rings. The van der Waals surface area contributed by atoms with E-state index in [4.69, 9.17) is 0 Å². The molecule has 0 spiro atoms. The van der Waals surface area contributed by atoms with E-state index in [2.05, 4.69) is 26.1 Å². The van der Waals surface area contributed by atoms with Crippen LogP contribution in [-0.4, -0.2) is 35.3 Å². The standard InChI is InChI=1S/C17H32N2O2/c1-8-12(4)13-16(21)19(10-9-11(2)3)14(15(20)18-13)17(5,6)7/h11-14H,8-10H2,1-7H3,(H,18,20). The Morgan fingerprint density at radius 1 is 1.19 bits per heavy atom. The number of hydrogen-bond acceptors (Lipinski definition) is 2. The predicted molar refractivity (Wildman–Crippen MR) is 85.8 cm³/mol. The summed E-state index contributed by atoms with van der Waals surface area (Å²) in [6.07, 6.45) is 1.81. The van der Waals surface area contributed by atoms with Crippen LogP contribution in [0.2, 0.25) is 0 Å². The highest BCUT2D eigenvalue weighted by molar-refractivity contribution is 5.97. The van der Waals surface area contributed by atoms with Crippen LogP contribution >= 0.6 is 0 Å². The van der Waals surface area contributed by atoms with E-state index in [1.54, 1.807) is 0 Å². The Bertz CT molecular complexity index is 385. The highest BCUT2D eigenvalue weighted by Crippen LogP contribution is 2.30. The summed E-state index contributed by atoms with van der Waals surface area (Å²) in [6, 6.07) is -0.739. The monoisotopic (exact) mass is 296 g/mol. The maximum atomic E-state index is 12.9. The summed E-state index contributed by atoms with van der Waals surface area (Å²) >= 11 is 0. The van der Waals surface area contributed by atoms with Crippen LogP contribution in [0.4, 0.5) is 0 Å². The first-order valence-corrected chi connectivity index (χ1v) is 8.20.